The molecule has 0 saturated heterocycles. The molecule has 0 spiro atoms. The number of rotatable bonds is 3. The van der Waals surface area contributed by atoms with Gasteiger partial charge in [0.05, 0.1) is 5.56 Å². The van der Waals surface area contributed by atoms with Gasteiger partial charge in [-0.05, 0) is 24.8 Å². The Morgan fingerprint density at radius 2 is 1.76 bits per heavy atom. The van der Waals surface area contributed by atoms with Crippen molar-refractivity contribution in [3.05, 3.63) is 16.0 Å². The minimum Gasteiger partial charge on any atom is -0.478 e. The van der Waals surface area contributed by atoms with Gasteiger partial charge in [-0.1, -0.05) is 0 Å². The Labute approximate surface area is 118 Å². The Kier molecular flexibility index (Phi) is 3.68. The Hall–Kier alpha value is -1.71. The van der Waals surface area contributed by atoms with Gasteiger partial charge in [0.25, 0.3) is 0 Å². The van der Waals surface area contributed by atoms with Crippen LogP contribution in [0.4, 0.5) is 27.0 Å². The highest BCUT2D eigenvalue weighted by atomic mass is 32.1. The lowest BCUT2D eigenvalue weighted by molar-refractivity contribution is -0.267. The molecule has 0 aromatic carbocycles. The molecule has 1 heterocycles. The second-order valence-corrected chi connectivity index (χ2v) is 5.50. The van der Waals surface area contributed by atoms with E-state index in [2.05, 4.69) is 0 Å². The molecule has 4 nitrogen and oxygen atoms in total. The number of nitrogens with one attached hydrogen (secondary N) is 1. The number of carbonyl (C=O) groups is 2. The Morgan fingerprint density at radius 1 is 1.14 bits per heavy atom. The van der Waals surface area contributed by atoms with Crippen molar-refractivity contribution in [1.29, 1.82) is 0 Å². The van der Waals surface area contributed by atoms with Gasteiger partial charge in [-0.15, -0.1) is 11.3 Å². The zero-order valence-electron chi connectivity index (χ0n) is 10.2. The number of aryl methyl sites for hydroxylation is 1. The number of amides is 1. The predicted octanol–water partition coefficient (Wildman–Crippen LogP) is 3.07. The molecule has 2 rings (SSSR count). The minimum absolute atomic E-state index is 0.387. The molecule has 0 atom stereocenters. The molecule has 0 bridgehead atoms. The summed E-state index contributed by atoms with van der Waals surface area (Å²) in [6, 6.07) is 0. The van der Waals surface area contributed by atoms with Gasteiger partial charge in [0.15, 0.2) is 0 Å². The van der Waals surface area contributed by atoms with Gasteiger partial charge >= 0.3 is 24.0 Å². The van der Waals surface area contributed by atoms with Crippen molar-refractivity contribution in [2.75, 3.05) is 5.32 Å². The molecule has 1 aliphatic rings. The summed E-state index contributed by atoms with van der Waals surface area (Å²) in [5, 5.41) is 9.95. The maximum Gasteiger partial charge on any atom is 0.463 e. The van der Waals surface area contributed by atoms with Crippen LogP contribution in [0, 0.1) is 0 Å². The van der Waals surface area contributed by atoms with Crippen LogP contribution < -0.4 is 5.32 Å². The van der Waals surface area contributed by atoms with Crippen LogP contribution in [0.1, 0.15) is 27.2 Å². The number of hydrogen-bond acceptors (Lipinski definition) is 3. The first-order chi connectivity index (χ1) is 9.55. The number of carboxylic acid groups (broad SMARTS) is 1. The average Bonchev–Trinajstić information content (AvgIpc) is 2.86. The number of alkyl halides is 5. The number of carbonyl (C=O) groups excluding carboxylic acids is 1. The molecule has 1 amide bonds. The first-order valence-electron chi connectivity index (χ1n) is 5.69. The lowest BCUT2D eigenvalue weighted by atomic mass is 10.1. The zero-order valence-corrected chi connectivity index (χ0v) is 11.0. The van der Waals surface area contributed by atoms with Crippen LogP contribution in [0.2, 0.25) is 0 Å². The van der Waals surface area contributed by atoms with Gasteiger partial charge in [0, 0.05) is 4.88 Å². The molecular weight excluding hydrogens is 321 g/mol. The standard InChI is InChI=1S/C11H8F5NO3S/c12-10(13,11(14,15)16)9(20)17-7-6(8(18)19)4-2-1-3-5(4)21-7/h1-3H2,(H,17,20)(H,18,19). The molecule has 0 fully saturated rings. The first kappa shape index (κ1) is 15.7. The maximum absolute atomic E-state index is 12.9. The van der Waals surface area contributed by atoms with Crippen molar-refractivity contribution in [2.45, 2.75) is 31.4 Å². The molecule has 1 aromatic rings. The van der Waals surface area contributed by atoms with E-state index in [0.29, 0.717) is 29.7 Å². The first-order valence-corrected chi connectivity index (χ1v) is 6.51. The van der Waals surface area contributed by atoms with Crippen molar-refractivity contribution in [2.24, 2.45) is 0 Å². The summed E-state index contributed by atoms with van der Waals surface area (Å²) in [4.78, 5) is 22.8. The van der Waals surface area contributed by atoms with Crippen molar-refractivity contribution < 1.29 is 36.6 Å². The number of fused-ring (bicyclic) bond motifs is 1. The number of carboxylic acids is 1. The van der Waals surface area contributed by atoms with E-state index in [1.54, 1.807) is 0 Å². The lowest BCUT2D eigenvalue weighted by Crippen LogP contribution is -2.47. The second-order valence-electron chi connectivity index (χ2n) is 4.39. The monoisotopic (exact) mass is 329 g/mol. The smallest absolute Gasteiger partial charge is 0.463 e. The van der Waals surface area contributed by atoms with E-state index in [0.717, 1.165) is 11.3 Å². The number of hydrogen-bond donors (Lipinski definition) is 2. The van der Waals surface area contributed by atoms with E-state index in [1.165, 1.54) is 5.32 Å². The molecule has 1 aliphatic carbocycles. The lowest BCUT2D eigenvalue weighted by Gasteiger charge is -2.18. The van der Waals surface area contributed by atoms with E-state index in [-0.39, 0.29) is 0 Å². The quantitative estimate of drug-likeness (QED) is 0.838. The third kappa shape index (κ3) is 2.59. The van der Waals surface area contributed by atoms with Crippen molar-refractivity contribution >= 4 is 28.2 Å². The van der Waals surface area contributed by atoms with Crippen LogP contribution in [0.5, 0.6) is 0 Å². The number of halogens is 5. The van der Waals surface area contributed by atoms with Crippen molar-refractivity contribution in [3.8, 4) is 0 Å². The normalized spacial score (nSPS) is 14.9. The Balaban J connectivity index is 2.33. The third-order valence-electron chi connectivity index (χ3n) is 3.00. The predicted molar refractivity (Wildman–Crippen MR) is 62.9 cm³/mol. The van der Waals surface area contributed by atoms with E-state index in [1.807, 2.05) is 0 Å². The van der Waals surface area contributed by atoms with Gasteiger partial charge in [0.2, 0.25) is 0 Å². The molecule has 2 N–H and O–H groups in total. The number of thiophene rings is 1. The molecule has 10 heteroatoms. The van der Waals surface area contributed by atoms with E-state index in [4.69, 9.17) is 5.11 Å². The number of anilines is 1. The van der Waals surface area contributed by atoms with Crippen LogP contribution in [0.3, 0.4) is 0 Å². The Morgan fingerprint density at radius 3 is 2.29 bits per heavy atom. The second kappa shape index (κ2) is 4.93. The SMILES string of the molecule is O=C(O)c1c(NC(=O)C(F)(F)C(F)(F)F)sc2c1CCC2. The molecule has 1 aromatic heterocycles. The van der Waals surface area contributed by atoms with Crippen LogP contribution >= 0.6 is 11.3 Å². The molecular formula is C11H8F5NO3S. The van der Waals surface area contributed by atoms with Gasteiger partial charge in [0.1, 0.15) is 5.00 Å². The zero-order chi connectivity index (χ0) is 16.0. The van der Waals surface area contributed by atoms with E-state index in [9.17, 15) is 31.5 Å². The van der Waals surface area contributed by atoms with Crippen LogP contribution in [-0.2, 0) is 17.6 Å². The van der Waals surface area contributed by atoms with Crippen LogP contribution in [0.15, 0.2) is 0 Å². The molecule has 21 heavy (non-hydrogen) atoms. The molecule has 0 unspecified atom stereocenters. The number of aromatic carboxylic acids is 1. The topological polar surface area (TPSA) is 66.4 Å². The van der Waals surface area contributed by atoms with Gasteiger partial charge in [-0.25, -0.2) is 4.79 Å². The fourth-order valence-corrected chi connectivity index (χ4v) is 3.31. The summed E-state index contributed by atoms with van der Waals surface area (Å²) >= 11 is 0.719. The summed E-state index contributed by atoms with van der Waals surface area (Å²) in [6.45, 7) is 0. The summed E-state index contributed by atoms with van der Waals surface area (Å²) in [5.74, 6) is -9.64. The van der Waals surface area contributed by atoms with Gasteiger partial charge in [-0.2, -0.15) is 22.0 Å². The van der Waals surface area contributed by atoms with Gasteiger partial charge in [-0.3, -0.25) is 4.79 Å². The maximum atomic E-state index is 12.9. The summed E-state index contributed by atoms with van der Waals surface area (Å²) in [7, 11) is 0. The largest absolute Gasteiger partial charge is 0.478 e. The fraction of sp³-hybridized carbons (Fsp3) is 0.455. The molecule has 116 valence electrons. The molecule has 0 radical (unpaired) electrons. The highest BCUT2D eigenvalue weighted by molar-refractivity contribution is 7.17. The summed E-state index contributed by atoms with van der Waals surface area (Å²) in [5.41, 5.74) is -0.0167. The highest BCUT2D eigenvalue weighted by Crippen LogP contribution is 2.41. The van der Waals surface area contributed by atoms with Crippen molar-refractivity contribution in [3.63, 3.8) is 0 Å². The van der Waals surface area contributed by atoms with Crippen molar-refractivity contribution in [1.82, 2.24) is 0 Å². The van der Waals surface area contributed by atoms with E-state index < -0.39 is 34.5 Å². The minimum atomic E-state index is -6.04. The Bertz CT molecular complexity index is 608. The highest BCUT2D eigenvalue weighted by Gasteiger charge is 2.63. The van der Waals surface area contributed by atoms with E-state index >= 15 is 0 Å². The van der Waals surface area contributed by atoms with Crippen LogP contribution in [0.25, 0.3) is 0 Å². The van der Waals surface area contributed by atoms with Crippen LogP contribution in [-0.4, -0.2) is 29.1 Å². The summed E-state index contributed by atoms with van der Waals surface area (Å²) in [6.07, 6.45) is -4.47. The molecule has 0 aliphatic heterocycles. The fourth-order valence-electron chi connectivity index (χ4n) is 2.03. The third-order valence-corrected chi connectivity index (χ3v) is 4.21. The summed E-state index contributed by atoms with van der Waals surface area (Å²) < 4.78 is 62.0. The van der Waals surface area contributed by atoms with Gasteiger partial charge < -0.3 is 10.4 Å². The average molecular weight is 329 g/mol. The molecule has 0 saturated carbocycles.